The third kappa shape index (κ3) is 2.42. The van der Waals surface area contributed by atoms with Gasteiger partial charge >= 0.3 is 11.9 Å². The molecule has 2 unspecified atom stereocenters. The van der Waals surface area contributed by atoms with Crippen LogP contribution >= 0.6 is 0 Å². The molecule has 0 spiro atoms. The van der Waals surface area contributed by atoms with Crippen molar-refractivity contribution in [2.45, 2.75) is 38.2 Å². The van der Waals surface area contributed by atoms with Gasteiger partial charge in [0.2, 0.25) is 0 Å². The van der Waals surface area contributed by atoms with Gasteiger partial charge in [-0.15, -0.1) is 0 Å². The van der Waals surface area contributed by atoms with Crippen LogP contribution in [0.4, 0.5) is 8.78 Å². The van der Waals surface area contributed by atoms with Crippen molar-refractivity contribution in [1.29, 1.82) is 0 Å². The maximum absolute atomic E-state index is 14.0. The lowest BCUT2D eigenvalue weighted by Gasteiger charge is -2.43. The highest BCUT2D eigenvalue weighted by atomic mass is 19.3. The van der Waals surface area contributed by atoms with Gasteiger partial charge in [-0.05, 0) is 26.3 Å². The standard InChI is InChI=1S/C11H19F2NO3/c1-3-8-7-14-6-5-10(8,16)11(12,13)9(15)17-4-2/h8,14,16H,3-7H2,1-2H3. The van der Waals surface area contributed by atoms with E-state index in [1.165, 1.54) is 6.92 Å². The Labute approximate surface area is 99.3 Å². The van der Waals surface area contributed by atoms with Gasteiger partial charge in [0.15, 0.2) is 0 Å². The third-order valence-electron chi connectivity index (χ3n) is 3.32. The minimum Gasteiger partial charge on any atom is -0.461 e. The number of carbonyl (C=O) groups is 1. The van der Waals surface area contributed by atoms with Crippen molar-refractivity contribution >= 4 is 5.97 Å². The number of piperidine rings is 1. The fraction of sp³-hybridized carbons (Fsp3) is 0.909. The average Bonchev–Trinajstić information content (AvgIpc) is 2.29. The summed E-state index contributed by atoms with van der Waals surface area (Å²) in [6, 6.07) is 0. The van der Waals surface area contributed by atoms with Crippen LogP contribution in [0.3, 0.4) is 0 Å². The zero-order chi connectivity index (χ0) is 13.1. The van der Waals surface area contributed by atoms with Crippen molar-refractivity contribution in [3.63, 3.8) is 0 Å². The second-order valence-corrected chi connectivity index (χ2v) is 4.28. The van der Waals surface area contributed by atoms with E-state index in [-0.39, 0.29) is 26.1 Å². The van der Waals surface area contributed by atoms with Gasteiger partial charge in [-0.25, -0.2) is 4.79 Å². The molecule has 0 amide bonds. The Bertz CT molecular complexity index is 286. The molecule has 1 saturated heterocycles. The minimum atomic E-state index is -3.86. The molecular weight excluding hydrogens is 232 g/mol. The number of halogens is 2. The second kappa shape index (κ2) is 5.27. The molecule has 17 heavy (non-hydrogen) atoms. The quantitative estimate of drug-likeness (QED) is 0.730. The van der Waals surface area contributed by atoms with Crippen LogP contribution in [0.5, 0.6) is 0 Å². The summed E-state index contributed by atoms with van der Waals surface area (Å²) in [5.74, 6) is -6.15. The summed E-state index contributed by atoms with van der Waals surface area (Å²) in [5, 5.41) is 13.1. The number of rotatable bonds is 4. The van der Waals surface area contributed by atoms with Gasteiger partial charge in [-0.3, -0.25) is 0 Å². The van der Waals surface area contributed by atoms with Gasteiger partial charge in [-0.2, -0.15) is 8.78 Å². The summed E-state index contributed by atoms with van der Waals surface area (Å²) in [6.07, 6.45) is 0.218. The number of aliphatic hydroxyl groups is 1. The lowest BCUT2D eigenvalue weighted by Crippen LogP contribution is -2.63. The van der Waals surface area contributed by atoms with Gasteiger partial charge in [-0.1, -0.05) is 6.92 Å². The zero-order valence-corrected chi connectivity index (χ0v) is 10.1. The van der Waals surface area contributed by atoms with E-state index in [1.54, 1.807) is 6.92 Å². The molecular formula is C11H19F2NO3. The van der Waals surface area contributed by atoms with Gasteiger partial charge in [0.25, 0.3) is 0 Å². The highest BCUT2D eigenvalue weighted by Crippen LogP contribution is 2.41. The van der Waals surface area contributed by atoms with E-state index in [2.05, 4.69) is 10.1 Å². The zero-order valence-electron chi connectivity index (χ0n) is 10.1. The molecule has 1 rings (SSSR count). The molecule has 1 heterocycles. The first-order valence-electron chi connectivity index (χ1n) is 5.88. The second-order valence-electron chi connectivity index (χ2n) is 4.28. The van der Waals surface area contributed by atoms with Crippen molar-refractivity contribution in [2.24, 2.45) is 5.92 Å². The molecule has 2 atom stereocenters. The van der Waals surface area contributed by atoms with Crippen LogP contribution in [0.2, 0.25) is 0 Å². The maximum Gasteiger partial charge on any atom is 0.380 e. The van der Waals surface area contributed by atoms with E-state index in [0.29, 0.717) is 6.42 Å². The molecule has 0 radical (unpaired) electrons. The molecule has 0 saturated carbocycles. The average molecular weight is 251 g/mol. The number of carbonyl (C=O) groups excluding carboxylic acids is 1. The lowest BCUT2D eigenvalue weighted by molar-refractivity contribution is -0.233. The van der Waals surface area contributed by atoms with Crippen LogP contribution in [0.1, 0.15) is 26.7 Å². The molecule has 2 N–H and O–H groups in total. The van der Waals surface area contributed by atoms with E-state index in [9.17, 15) is 18.7 Å². The van der Waals surface area contributed by atoms with Crippen molar-refractivity contribution < 1.29 is 23.4 Å². The summed E-state index contributed by atoms with van der Waals surface area (Å²) in [6.45, 7) is 3.59. The molecule has 0 aromatic rings. The number of hydrogen-bond donors (Lipinski definition) is 2. The first kappa shape index (κ1) is 14.3. The summed E-state index contributed by atoms with van der Waals surface area (Å²) in [5.41, 5.74) is -2.31. The number of ether oxygens (including phenoxy) is 1. The molecule has 1 aliphatic rings. The molecule has 0 aromatic carbocycles. The van der Waals surface area contributed by atoms with E-state index < -0.39 is 23.4 Å². The molecule has 0 aromatic heterocycles. The normalized spacial score (nSPS) is 30.1. The molecule has 6 heteroatoms. The molecule has 4 nitrogen and oxygen atoms in total. The summed E-state index contributed by atoms with van der Waals surface area (Å²) in [7, 11) is 0. The van der Waals surface area contributed by atoms with Crippen LogP contribution in [-0.2, 0) is 9.53 Å². The highest BCUT2D eigenvalue weighted by Gasteiger charge is 2.63. The third-order valence-corrected chi connectivity index (χ3v) is 3.32. The van der Waals surface area contributed by atoms with Crippen molar-refractivity contribution in [3.05, 3.63) is 0 Å². The van der Waals surface area contributed by atoms with Crippen LogP contribution in [-0.4, -0.2) is 42.3 Å². The van der Waals surface area contributed by atoms with E-state index in [0.717, 1.165) is 0 Å². The smallest absolute Gasteiger partial charge is 0.380 e. The number of alkyl halides is 2. The maximum atomic E-state index is 14.0. The van der Waals surface area contributed by atoms with Gasteiger partial charge in [0.05, 0.1) is 6.61 Å². The Kier molecular flexibility index (Phi) is 4.43. The topological polar surface area (TPSA) is 58.6 Å². The van der Waals surface area contributed by atoms with Gasteiger partial charge in [0.1, 0.15) is 5.60 Å². The van der Waals surface area contributed by atoms with Crippen molar-refractivity contribution in [1.82, 2.24) is 5.32 Å². The molecule has 0 bridgehead atoms. The molecule has 1 aliphatic heterocycles. The molecule has 1 fully saturated rings. The van der Waals surface area contributed by atoms with Crippen LogP contribution in [0, 0.1) is 5.92 Å². The predicted octanol–water partition coefficient (Wildman–Crippen LogP) is 0.935. The fourth-order valence-electron chi connectivity index (χ4n) is 2.22. The number of hydrogen-bond acceptors (Lipinski definition) is 4. The Hall–Kier alpha value is -0.750. The Morgan fingerprint density at radius 2 is 2.24 bits per heavy atom. The fourth-order valence-corrected chi connectivity index (χ4v) is 2.22. The Balaban J connectivity index is 2.95. The van der Waals surface area contributed by atoms with Crippen molar-refractivity contribution in [3.8, 4) is 0 Å². The Morgan fingerprint density at radius 1 is 1.59 bits per heavy atom. The molecule has 0 aliphatic carbocycles. The monoisotopic (exact) mass is 251 g/mol. The van der Waals surface area contributed by atoms with Crippen LogP contribution < -0.4 is 5.32 Å². The number of esters is 1. The lowest BCUT2D eigenvalue weighted by atomic mass is 9.75. The van der Waals surface area contributed by atoms with E-state index >= 15 is 0 Å². The van der Waals surface area contributed by atoms with Gasteiger partial charge < -0.3 is 15.2 Å². The van der Waals surface area contributed by atoms with Gasteiger partial charge in [0, 0.05) is 12.5 Å². The minimum absolute atomic E-state index is 0.125. The molecule has 100 valence electrons. The first-order valence-corrected chi connectivity index (χ1v) is 5.88. The summed E-state index contributed by atoms with van der Waals surface area (Å²) < 4.78 is 32.3. The van der Waals surface area contributed by atoms with E-state index in [1.807, 2.05) is 0 Å². The largest absolute Gasteiger partial charge is 0.461 e. The predicted molar refractivity (Wildman–Crippen MR) is 57.8 cm³/mol. The number of nitrogens with one attached hydrogen (secondary N) is 1. The Morgan fingerprint density at radius 3 is 2.76 bits per heavy atom. The van der Waals surface area contributed by atoms with Crippen molar-refractivity contribution in [2.75, 3.05) is 19.7 Å². The van der Waals surface area contributed by atoms with E-state index in [4.69, 9.17) is 0 Å². The summed E-state index contributed by atoms with van der Waals surface area (Å²) in [4.78, 5) is 11.3. The first-order chi connectivity index (χ1) is 7.90. The van der Waals surface area contributed by atoms with Crippen LogP contribution in [0.25, 0.3) is 0 Å². The highest BCUT2D eigenvalue weighted by molar-refractivity contribution is 5.79. The summed E-state index contributed by atoms with van der Waals surface area (Å²) >= 11 is 0. The van der Waals surface area contributed by atoms with Crippen LogP contribution in [0.15, 0.2) is 0 Å². The SMILES string of the molecule is CCOC(=O)C(F)(F)C1(O)CCNCC1CC.